The molecule has 0 saturated heterocycles. The number of benzene rings is 3. The van der Waals surface area contributed by atoms with Crippen molar-refractivity contribution in [2.75, 3.05) is 25.8 Å². The van der Waals surface area contributed by atoms with E-state index < -0.39 is 12.3 Å². The number of hydrogen-bond donors (Lipinski definition) is 1. The first kappa shape index (κ1) is 27.4. The van der Waals surface area contributed by atoms with Gasteiger partial charge in [-0.25, -0.2) is 4.79 Å². The lowest BCUT2D eigenvalue weighted by molar-refractivity contribution is -0.0970. The number of rotatable bonds is 10. The molecule has 0 aliphatic carbocycles. The summed E-state index contributed by atoms with van der Waals surface area (Å²) in [6.45, 7) is 1.63. The lowest BCUT2D eigenvalue weighted by Gasteiger charge is -2.21. The minimum absolute atomic E-state index is 0.00119. The molecule has 36 heavy (non-hydrogen) atoms. The number of amides is 2. The Hall–Kier alpha value is -3.23. The number of carbonyl (C=O) groups excluding carboxylic acids is 2. The SMILES string of the molecule is COC(CNC(=O)N(N=Cc1ccccc1)c1cc(Cl)c(Cc2ccc(C(C)=O)cc2)c(Cl)c1)OC. The summed E-state index contributed by atoms with van der Waals surface area (Å²) in [5.74, 6) is -0.00119. The molecule has 0 bridgehead atoms. The van der Waals surface area contributed by atoms with E-state index in [-0.39, 0.29) is 12.3 Å². The molecule has 7 nitrogen and oxygen atoms in total. The molecule has 0 fully saturated rings. The van der Waals surface area contributed by atoms with Gasteiger partial charge in [0.15, 0.2) is 12.1 Å². The smallest absolute Gasteiger partial charge is 0.342 e. The van der Waals surface area contributed by atoms with Gasteiger partial charge in [0.2, 0.25) is 0 Å². The molecule has 0 aliphatic rings. The second-order valence-corrected chi connectivity index (χ2v) is 8.69. The molecule has 0 aromatic heterocycles. The topological polar surface area (TPSA) is 80.2 Å². The van der Waals surface area contributed by atoms with Gasteiger partial charge in [-0.3, -0.25) is 4.79 Å². The minimum Gasteiger partial charge on any atom is -0.354 e. The van der Waals surface area contributed by atoms with E-state index in [1.165, 1.54) is 26.2 Å². The van der Waals surface area contributed by atoms with Crippen LogP contribution in [0.25, 0.3) is 0 Å². The third kappa shape index (κ3) is 7.38. The number of hydrazone groups is 1. The highest BCUT2D eigenvalue weighted by atomic mass is 35.5. The van der Waals surface area contributed by atoms with Crippen molar-refractivity contribution in [1.29, 1.82) is 0 Å². The molecule has 0 atom stereocenters. The van der Waals surface area contributed by atoms with Crippen LogP contribution in [0, 0.1) is 0 Å². The second-order valence-electron chi connectivity index (χ2n) is 7.87. The molecule has 9 heteroatoms. The van der Waals surface area contributed by atoms with Crippen LogP contribution in [0.15, 0.2) is 71.8 Å². The van der Waals surface area contributed by atoms with E-state index in [2.05, 4.69) is 10.4 Å². The first-order chi connectivity index (χ1) is 17.3. The fourth-order valence-corrected chi connectivity index (χ4v) is 3.96. The normalized spacial score (nSPS) is 11.2. The standard InChI is InChI=1S/C27H27Cl2N3O4/c1-18(33)21-11-9-19(10-12-21)13-23-24(28)14-22(15-25(23)29)32(27(34)30-17-26(35-2)36-3)31-16-20-7-5-4-6-8-20/h4-12,14-16,26H,13,17H2,1-3H3,(H,30,34). The van der Waals surface area contributed by atoms with Crippen LogP contribution >= 0.6 is 23.2 Å². The van der Waals surface area contributed by atoms with Gasteiger partial charge in [-0.2, -0.15) is 10.1 Å². The number of nitrogens with one attached hydrogen (secondary N) is 1. The van der Waals surface area contributed by atoms with Crippen LogP contribution in [0.3, 0.4) is 0 Å². The maximum atomic E-state index is 13.1. The molecular weight excluding hydrogens is 501 g/mol. The van der Waals surface area contributed by atoms with Crippen molar-refractivity contribution in [2.24, 2.45) is 5.10 Å². The van der Waals surface area contributed by atoms with Gasteiger partial charge in [0.25, 0.3) is 0 Å². The highest BCUT2D eigenvalue weighted by molar-refractivity contribution is 6.36. The molecule has 0 aliphatic heterocycles. The predicted octanol–water partition coefficient (Wildman–Crippen LogP) is 5.96. The van der Waals surface area contributed by atoms with E-state index >= 15 is 0 Å². The van der Waals surface area contributed by atoms with Crippen LogP contribution in [-0.2, 0) is 15.9 Å². The zero-order chi connectivity index (χ0) is 26.1. The molecule has 0 radical (unpaired) electrons. The van der Waals surface area contributed by atoms with E-state index in [0.29, 0.717) is 33.3 Å². The van der Waals surface area contributed by atoms with Crippen LogP contribution in [0.5, 0.6) is 0 Å². The number of ketones is 1. The third-order valence-corrected chi connectivity index (χ3v) is 6.05. The fourth-order valence-electron chi connectivity index (χ4n) is 3.35. The number of halogens is 2. The van der Waals surface area contributed by atoms with Gasteiger partial charge in [-0.15, -0.1) is 0 Å². The number of Topliss-reactive ketones (excluding diaryl/α,β-unsaturated/α-hetero) is 1. The van der Waals surface area contributed by atoms with Crippen molar-refractivity contribution >= 4 is 46.9 Å². The van der Waals surface area contributed by atoms with Gasteiger partial charge in [0.05, 0.1) is 18.4 Å². The summed E-state index contributed by atoms with van der Waals surface area (Å²) in [6.07, 6.45) is 1.41. The Bertz CT molecular complexity index is 1190. The summed E-state index contributed by atoms with van der Waals surface area (Å²) >= 11 is 13.2. The maximum Gasteiger partial charge on any atom is 0.342 e. The van der Waals surface area contributed by atoms with Crippen molar-refractivity contribution in [2.45, 2.75) is 19.6 Å². The number of nitrogens with zero attached hydrogens (tertiary/aromatic N) is 2. The highest BCUT2D eigenvalue weighted by Crippen LogP contribution is 2.33. The van der Waals surface area contributed by atoms with Crippen molar-refractivity contribution in [1.82, 2.24) is 5.32 Å². The maximum absolute atomic E-state index is 13.1. The number of carbonyl (C=O) groups is 2. The molecule has 0 saturated carbocycles. The van der Waals surface area contributed by atoms with Crippen molar-refractivity contribution in [3.05, 3.63) is 99.0 Å². The molecule has 1 N–H and O–H groups in total. The zero-order valence-corrected chi connectivity index (χ0v) is 21.7. The monoisotopic (exact) mass is 527 g/mol. The van der Waals surface area contributed by atoms with Crippen LogP contribution < -0.4 is 10.3 Å². The molecule has 3 aromatic carbocycles. The average molecular weight is 528 g/mol. The largest absolute Gasteiger partial charge is 0.354 e. The number of ether oxygens (including phenoxy) is 2. The van der Waals surface area contributed by atoms with Crippen LogP contribution in [-0.4, -0.2) is 45.1 Å². The number of anilines is 1. The summed E-state index contributed by atoms with van der Waals surface area (Å²) in [5.41, 5.74) is 3.47. The Morgan fingerprint density at radius 1 is 1.00 bits per heavy atom. The molecule has 0 unspecified atom stereocenters. The van der Waals surface area contributed by atoms with Crippen molar-refractivity contribution < 1.29 is 19.1 Å². The molecule has 2 amide bonds. The van der Waals surface area contributed by atoms with Gasteiger partial charge < -0.3 is 14.8 Å². The molecule has 0 heterocycles. The molecule has 0 spiro atoms. The average Bonchev–Trinajstić information content (AvgIpc) is 2.88. The highest BCUT2D eigenvalue weighted by Gasteiger charge is 2.20. The van der Waals surface area contributed by atoms with Crippen LogP contribution in [0.2, 0.25) is 10.0 Å². The van der Waals surface area contributed by atoms with Gasteiger partial charge in [-0.05, 0) is 35.7 Å². The summed E-state index contributed by atoms with van der Waals surface area (Å²) in [4.78, 5) is 24.6. The van der Waals surface area contributed by atoms with Gasteiger partial charge >= 0.3 is 6.03 Å². The molecule has 188 valence electrons. The lowest BCUT2D eigenvalue weighted by Crippen LogP contribution is -2.41. The molecule has 3 aromatic rings. The second kappa shape index (κ2) is 13.2. The summed E-state index contributed by atoms with van der Waals surface area (Å²) in [7, 11) is 2.97. The van der Waals surface area contributed by atoms with E-state index in [1.54, 1.807) is 30.5 Å². The van der Waals surface area contributed by atoms with Gasteiger partial charge in [-0.1, -0.05) is 77.8 Å². The van der Waals surface area contributed by atoms with E-state index in [9.17, 15) is 9.59 Å². The third-order valence-electron chi connectivity index (χ3n) is 5.37. The van der Waals surface area contributed by atoms with Crippen molar-refractivity contribution in [3.8, 4) is 0 Å². The number of methoxy groups -OCH3 is 2. The van der Waals surface area contributed by atoms with E-state index in [4.69, 9.17) is 32.7 Å². The lowest BCUT2D eigenvalue weighted by atomic mass is 10.0. The molecule has 3 rings (SSSR count). The summed E-state index contributed by atoms with van der Waals surface area (Å²) in [5, 5.41) is 9.06. The minimum atomic E-state index is -0.613. The Kier molecular flexibility index (Phi) is 10.0. The Balaban J connectivity index is 1.89. The quantitative estimate of drug-likeness (QED) is 0.153. The molecular formula is C27H27Cl2N3O4. The zero-order valence-electron chi connectivity index (χ0n) is 20.2. The number of hydrogen-bond acceptors (Lipinski definition) is 5. The van der Waals surface area contributed by atoms with Gasteiger partial charge in [0.1, 0.15) is 0 Å². The first-order valence-corrected chi connectivity index (χ1v) is 11.9. The summed E-state index contributed by atoms with van der Waals surface area (Å²) < 4.78 is 10.3. The fraction of sp³-hybridized carbons (Fsp3) is 0.222. The first-order valence-electron chi connectivity index (χ1n) is 11.1. The van der Waals surface area contributed by atoms with Gasteiger partial charge in [0, 0.05) is 36.2 Å². The number of urea groups is 1. The Morgan fingerprint density at radius 2 is 1.61 bits per heavy atom. The van der Waals surface area contributed by atoms with Crippen molar-refractivity contribution in [3.63, 3.8) is 0 Å². The Morgan fingerprint density at radius 3 is 2.17 bits per heavy atom. The van der Waals surface area contributed by atoms with E-state index in [1.807, 2.05) is 42.5 Å². The van der Waals surface area contributed by atoms with Crippen LogP contribution in [0.1, 0.15) is 34.0 Å². The Labute approximate surface area is 220 Å². The predicted molar refractivity (Wildman–Crippen MR) is 143 cm³/mol. The van der Waals surface area contributed by atoms with Crippen LogP contribution in [0.4, 0.5) is 10.5 Å². The summed E-state index contributed by atoms with van der Waals surface area (Å²) in [6, 6.07) is 19.4. The van der Waals surface area contributed by atoms with E-state index in [0.717, 1.165) is 11.1 Å².